The van der Waals surface area contributed by atoms with Crippen LogP contribution in [0, 0.1) is 29.6 Å². The van der Waals surface area contributed by atoms with Crippen molar-refractivity contribution in [3.05, 3.63) is 12.2 Å². The number of hydrogen-bond acceptors (Lipinski definition) is 1. The van der Waals surface area contributed by atoms with E-state index in [0.717, 1.165) is 18.8 Å². The van der Waals surface area contributed by atoms with Crippen molar-refractivity contribution in [2.45, 2.75) is 19.3 Å². The van der Waals surface area contributed by atoms with Gasteiger partial charge in [-0.3, -0.25) is 4.79 Å². The number of fused-ring (bicyclic) bond motifs is 5. The summed E-state index contributed by atoms with van der Waals surface area (Å²) in [6.45, 7) is 0. The minimum atomic E-state index is -0.562. The lowest BCUT2D eigenvalue weighted by molar-refractivity contribution is -0.143. The Hall–Kier alpha value is -0.790. The van der Waals surface area contributed by atoms with E-state index in [9.17, 15) is 4.79 Å². The Morgan fingerprint density at radius 2 is 2.00 bits per heavy atom. The lowest BCUT2D eigenvalue weighted by Crippen LogP contribution is -2.25. The largest absolute Gasteiger partial charge is 0.481 e. The minimum Gasteiger partial charge on any atom is -0.481 e. The minimum absolute atomic E-state index is 0.0371. The third-order valence-electron chi connectivity index (χ3n) is 4.28. The quantitative estimate of drug-likeness (QED) is 0.623. The molecule has 0 aromatic rings. The van der Waals surface area contributed by atoms with Crippen molar-refractivity contribution in [3.63, 3.8) is 0 Å². The molecule has 0 amide bonds. The standard InChI is InChI=1S/C11H14O2/c12-11(13)9-4-3-8-6-1-2-7(5-6)10(8)9/h1-2,6-10H,3-5H2,(H,12,13)/t6-,7+,8+,9-,10-/m0/s1. The van der Waals surface area contributed by atoms with Crippen LogP contribution < -0.4 is 0 Å². The smallest absolute Gasteiger partial charge is 0.306 e. The van der Waals surface area contributed by atoms with Crippen LogP contribution in [0.4, 0.5) is 0 Å². The van der Waals surface area contributed by atoms with Crippen molar-refractivity contribution >= 4 is 5.97 Å². The second-order valence-electron chi connectivity index (χ2n) is 4.71. The van der Waals surface area contributed by atoms with E-state index in [4.69, 9.17) is 5.11 Å². The summed E-state index contributed by atoms with van der Waals surface area (Å²) < 4.78 is 0. The molecule has 2 nitrogen and oxygen atoms in total. The first kappa shape index (κ1) is 7.60. The van der Waals surface area contributed by atoms with Gasteiger partial charge < -0.3 is 5.11 Å². The molecular formula is C11H14O2. The van der Waals surface area contributed by atoms with E-state index in [-0.39, 0.29) is 5.92 Å². The zero-order chi connectivity index (χ0) is 9.00. The molecule has 0 saturated heterocycles. The molecule has 0 aromatic heterocycles. The van der Waals surface area contributed by atoms with Gasteiger partial charge in [-0.25, -0.2) is 0 Å². The SMILES string of the molecule is O=C(O)[C@H]1CC[C@H]2[C@@H]1[C@@H]1C=C[C@H]2C1. The van der Waals surface area contributed by atoms with Gasteiger partial charge in [0.1, 0.15) is 0 Å². The summed E-state index contributed by atoms with van der Waals surface area (Å²) >= 11 is 0. The maximum Gasteiger partial charge on any atom is 0.306 e. The molecule has 0 heterocycles. The second kappa shape index (κ2) is 2.37. The molecule has 0 aliphatic heterocycles. The van der Waals surface area contributed by atoms with Crippen LogP contribution in [0.2, 0.25) is 0 Å². The first-order valence-electron chi connectivity index (χ1n) is 5.18. The molecule has 2 bridgehead atoms. The molecule has 0 aromatic carbocycles. The van der Waals surface area contributed by atoms with Gasteiger partial charge in [-0.15, -0.1) is 0 Å². The summed E-state index contributed by atoms with van der Waals surface area (Å²) in [6, 6.07) is 0. The highest BCUT2D eigenvalue weighted by atomic mass is 16.4. The molecule has 1 N–H and O–H groups in total. The predicted molar refractivity (Wildman–Crippen MR) is 48.1 cm³/mol. The molecule has 0 radical (unpaired) electrons. The molecule has 5 atom stereocenters. The summed E-state index contributed by atoms with van der Waals surface area (Å²) in [5, 5.41) is 9.06. The van der Waals surface area contributed by atoms with Crippen LogP contribution >= 0.6 is 0 Å². The zero-order valence-electron chi connectivity index (χ0n) is 7.52. The van der Waals surface area contributed by atoms with Crippen molar-refractivity contribution in [2.75, 3.05) is 0 Å². The van der Waals surface area contributed by atoms with Crippen LogP contribution in [-0.4, -0.2) is 11.1 Å². The Bertz CT molecular complexity index is 282. The van der Waals surface area contributed by atoms with Gasteiger partial charge in [-0.1, -0.05) is 12.2 Å². The third kappa shape index (κ3) is 0.862. The lowest BCUT2D eigenvalue weighted by atomic mass is 9.81. The van der Waals surface area contributed by atoms with Crippen LogP contribution in [0.15, 0.2) is 12.2 Å². The van der Waals surface area contributed by atoms with Crippen LogP contribution in [0.5, 0.6) is 0 Å². The van der Waals surface area contributed by atoms with Crippen molar-refractivity contribution in [2.24, 2.45) is 29.6 Å². The Balaban J connectivity index is 1.92. The van der Waals surface area contributed by atoms with Crippen molar-refractivity contribution in [1.82, 2.24) is 0 Å². The second-order valence-corrected chi connectivity index (χ2v) is 4.71. The van der Waals surface area contributed by atoms with Crippen LogP contribution in [-0.2, 0) is 4.79 Å². The average molecular weight is 178 g/mol. The maximum atomic E-state index is 11.0. The number of carboxylic acid groups (broad SMARTS) is 1. The summed E-state index contributed by atoms with van der Waals surface area (Å²) in [5.41, 5.74) is 0. The number of allylic oxidation sites excluding steroid dienone is 2. The number of carbonyl (C=O) groups is 1. The van der Waals surface area contributed by atoms with Gasteiger partial charge >= 0.3 is 5.97 Å². The Kier molecular flexibility index (Phi) is 1.38. The van der Waals surface area contributed by atoms with E-state index in [1.54, 1.807) is 0 Å². The highest BCUT2D eigenvalue weighted by Gasteiger charge is 2.53. The number of aliphatic carboxylic acids is 1. The molecule has 0 unspecified atom stereocenters. The summed E-state index contributed by atoms with van der Waals surface area (Å²) in [4.78, 5) is 11.0. The van der Waals surface area contributed by atoms with E-state index in [1.807, 2.05) is 0 Å². The van der Waals surface area contributed by atoms with Crippen molar-refractivity contribution in [3.8, 4) is 0 Å². The van der Waals surface area contributed by atoms with Gasteiger partial charge in [-0.05, 0) is 42.9 Å². The van der Waals surface area contributed by atoms with E-state index in [2.05, 4.69) is 12.2 Å². The predicted octanol–water partition coefficient (Wildman–Crippen LogP) is 1.92. The van der Waals surface area contributed by atoms with Crippen molar-refractivity contribution in [1.29, 1.82) is 0 Å². The van der Waals surface area contributed by atoms with Crippen molar-refractivity contribution < 1.29 is 9.90 Å². The van der Waals surface area contributed by atoms with Gasteiger partial charge in [0.25, 0.3) is 0 Å². The van der Waals surface area contributed by atoms with E-state index in [0.29, 0.717) is 17.8 Å². The summed E-state index contributed by atoms with van der Waals surface area (Å²) in [5.74, 6) is 1.90. The van der Waals surface area contributed by atoms with Crippen LogP contribution in [0.1, 0.15) is 19.3 Å². The number of carboxylic acids is 1. The van der Waals surface area contributed by atoms with Gasteiger partial charge in [0.05, 0.1) is 5.92 Å². The molecule has 0 spiro atoms. The highest BCUT2D eigenvalue weighted by Crippen LogP contribution is 2.57. The highest BCUT2D eigenvalue weighted by molar-refractivity contribution is 5.71. The Morgan fingerprint density at radius 3 is 2.77 bits per heavy atom. The monoisotopic (exact) mass is 178 g/mol. The van der Waals surface area contributed by atoms with E-state index in [1.165, 1.54) is 6.42 Å². The van der Waals surface area contributed by atoms with Gasteiger partial charge in [0.2, 0.25) is 0 Å². The summed E-state index contributed by atoms with van der Waals surface area (Å²) in [7, 11) is 0. The molecular weight excluding hydrogens is 164 g/mol. The maximum absolute atomic E-state index is 11.0. The fraction of sp³-hybridized carbons (Fsp3) is 0.727. The van der Waals surface area contributed by atoms with Crippen LogP contribution in [0.3, 0.4) is 0 Å². The fourth-order valence-electron chi connectivity index (χ4n) is 3.82. The normalized spacial score (nSPS) is 51.2. The molecule has 2 fully saturated rings. The zero-order valence-corrected chi connectivity index (χ0v) is 7.52. The molecule has 2 heteroatoms. The lowest BCUT2D eigenvalue weighted by Gasteiger charge is -2.23. The summed E-state index contributed by atoms with van der Waals surface area (Å²) in [6.07, 6.45) is 7.87. The number of rotatable bonds is 1. The molecule has 3 aliphatic rings. The first-order valence-corrected chi connectivity index (χ1v) is 5.18. The molecule has 13 heavy (non-hydrogen) atoms. The Morgan fingerprint density at radius 1 is 1.23 bits per heavy atom. The van der Waals surface area contributed by atoms with E-state index >= 15 is 0 Å². The molecule has 70 valence electrons. The van der Waals surface area contributed by atoms with Gasteiger partial charge in [0.15, 0.2) is 0 Å². The van der Waals surface area contributed by atoms with Gasteiger partial charge in [0, 0.05) is 0 Å². The Labute approximate surface area is 77.6 Å². The van der Waals surface area contributed by atoms with Gasteiger partial charge in [-0.2, -0.15) is 0 Å². The topological polar surface area (TPSA) is 37.3 Å². The molecule has 2 saturated carbocycles. The van der Waals surface area contributed by atoms with Crippen LogP contribution in [0.25, 0.3) is 0 Å². The first-order chi connectivity index (χ1) is 6.27. The number of hydrogen-bond donors (Lipinski definition) is 1. The fourth-order valence-corrected chi connectivity index (χ4v) is 3.82. The van der Waals surface area contributed by atoms with E-state index < -0.39 is 5.97 Å². The average Bonchev–Trinajstić information content (AvgIpc) is 2.76. The molecule has 3 rings (SSSR count). The molecule has 3 aliphatic carbocycles. The third-order valence-corrected chi connectivity index (χ3v) is 4.28.